The summed E-state index contributed by atoms with van der Waals surface area (Å²) in [6.07, 6.45) is 0. The fourth-order valence-corrected chi connectivity index (χ4v) is 3.67. The lowest BCUT2D eigenvalue weighted by Crippen LogP contribution is -2.04. The number of anilines is 1. The minimum Gasteiger partial charge on any atom is -0.490 e. The van der Waals surface area contributed by atoms with Crippen molar-refractivity contribution in [2.24, 2.45) is 0 Å². The Bertz CT molecular complexity index is 1050. The van der Waals surface area contributed by atoms with E-state index in [-0.39, 0.29) is 12.4 Å². The van der Waals surface area contributed by atoms with Crippen LogP contribution in [0.2, 0.25) is 15.1 Å². The fourth-order valence-electron chi connectivity index (χ4n) is 2.69. The zero-order valence-electron chi connectivity index (χ0n) is 15.9. The molecule has 0 aliphatic heterocycles. The molecule has 3 nitrogen and oxygen atoms in total. The van der Waals surface area contributed by atoms with Crippen LogP contribution < -0.4 is 14.8 Å². The van der Waals surface area contributed by atoms with E-state index >= 15 is 0 Å². The highest BCUT2D eigenvalue weighted by Gasteiger charge is 2.13. The highest BCUT2D eigenvalue weighted by molar-refractivity contribution is 9.10. The van der Waals surface area contributed by atoms with Crippen LogP contribution >= 0.6 is 50.7 Å². The van der Waals surface area contributed by atoms with Gasteiger partial charge in [-0.15, -0.1) is 0 Å². The third-order valence-electron chi connectivity index (χ3n) is 4.21. The van der Waals surface area contributed by atoms with Gasteiger partial charge in [0.1, 0.15) is 12.4 Å². The van der Waals surface area contributed by atoms with Crippen LogP contribution in [0.1, 0.15) is 18.1 Å². The fraction of sp³-hybridized carbons (Fsp3) is 0.182. The number of hydrogen-bond acceptors (Lipinski definition) is 3. The van der Waals surface area contributed by atoms with E-state index in [0.717, 1.165) is 15.7 Å². The molecule has 8 heteroatoms. The standard InChI is InChI=1S/C22H18BrCl3FNO2/c1-2-29-21-7-14(11-28-16-5-6-18(24)20(26)9-16)17(23)10-22(21)30-12-13-3-4-15(27)8-19(13)25/h3-10,28H,2,11-12H2,1H3. The Balaban J connectivity index is 1.76. The molecule has 0 saturated carbocycles. The molecule has 3 aromatic carbocycles. The van der Waals surface area contributed by atoms with Gasteiger partial charge in [-0.1, -0.05) is 56.8 Å². The molecule has 3 aromatic rings. The molecule has 30 heavy (non-hydrogen) atoms. The molecule has 0 heterocycles. The molecule has 0 aliphatic rings. The molecule has 0 aliphatic carbocycles. The van der Waals surface area contributed by atoms with Crippen molar-refractivity contribution in [1.82, 2.24) is 0 Å². The predicted molar refractivity (Wildman–Crippen MR) is 125 cm³/mol. The van der Waals surface area contributed by atoms with Gasteiger partial charge < -0.3 is 14.8 Å². The van der Waals surface area contributed by atoms with E-state index in [0.29, 0.717) is 45.3 Å². The SMILES string of the molecule is CCOc1cc(CNc2ccc(Cl)c(Cl)c2)c(Br)cc1OCc1ccc(F)cc1Cl. The van der Waals surface area contributed by atoms with Gasteiger partial charge in [-0.3, -0.25) is 0 Å². The van der Waals surface area contributed by atoms with Gasteiger partial charge >= 0.3 is 0 Å². The van der Waals surface area contributed by atoms with E-state index in [1.807, 2.05) is 25.1 Å². The van der Waals surface area contributed by atoms with Crippen molar-refractivity contribution in [3.05, 3.63) is 85.0 Å². The number of ether oxygens (including phenoxy) is 2. The summed E-state index contributed by atoms with van der Waals surface area (Å²) in [6, 6.07) is 13.3. The number of nitrogens with one attached hydrogen (secondary N) is 1. The Morgan fingerprint density at radius 3 is 2.33 bits per heavy atom. The summed E-state index contributed by atoms with van der Waals surface area (Å²) in [5, 5.41) is 4.61. The third-order valence-corrected chi connectivity index (χ3v) is 6.04. The van der Waals surface area contributed by atoms with Crippen LogP contribution in [-0.2, 0) is 13.2 Å². The lowest BCUT2D eigenvalue weighted by molar-refractivity contribution is 0.269. The Morgan fingerprint density at radius 1 is 0.867 bits per heavy atom. The van der Waals surface area contributed by atoms with Crippen LogP contribution in [0, 0.1) is 5.82 Å². The summed E-state index contributed by atoms with van der Waals surface area (Å²) in [5.74, 6) is 0.771. The molecular formula is C22H18BrCl3FNO2. The molecule has 3 rings (SSSR count). The van der Waals surface area contributed by atoms with Crippen LogP contribution in [0.25, 0.3) is 0 Å². The third kappa shape index (κ3) is 5.94. The zero-order chi connectivity index (χ0) is 21.7. The summed E-state index contributed by atoms with van der Waals surface area (Å²) in [5.41, 5.74) is 2.50. The van der Waals surface area contributed by atoms with Crippen molar-refractivity contribution in [3.63, 3.8) is 0 Å². The molecule has 0 aromatic heterocycles. The molecule has 0 amide bonds. The van der Waals surface area contributed by atoms with Crippen LogP contribution in [0.5, 0.6) is 11.5 Å². The van der Waals surface area contributed by atoms with Crippen LogP contribution in [0.3, 0.4) is 0 Å². The van der Waals surface area contributed by atoms with Gasteiger partial charge in [0, 0.05) is 22.3 Å². The van der Waals surface area contributed by atoms with Crippen molar-refractivity contribution >= 4 is 56.4 Å². The normalized spacial score (nSPS) is 10.7. The van der Waals surface area contributed by atoms with Crippen molar-refractivity contribution in [1.29, 1.82) is 0 Å². The van der Waals surface area contributed by atoms with Gasteiger partial charge in [0.05, 0.1) is 21.7 Å². The molecule has 1 N–H and O–H groups in total. The molecule has 0 bridgehead atoms. The van der Waals surface area contributed by atoms with E-state index in [9.17, 15) is 4.39 Å². The summed E-state index contributed by atoms with van der Waals surface area (Å²) < 4.78 is 25.7. The second-order valence-corrected chi connectivity index (χ2v) is 8.41. The summed E-state index contributed by atoms with van der Waals surface area (Å²) in [4.78, 5) is 0. The second-order valence-electron chi connectivity index (χ2n) is 6.33. The van der Waals surface area contributed by atoms with Crippen molar-refractivity contribution < 1.29 is 13.9 Å². The van der Waals surface area contributed by atoms with Crippen LogP contribution in [0.15, 0.2) is 53.0 Å². The first kappa shape index (κ1) is 23.0. The lowest BCUT2D eigenvalue weighted by atomic mass is 10.2. The smallest absolute Gasteiger partial charge is 0.162 e. The van der Waals surface area contributed by atoms with E-state index in [2.05, 4.69) is 21.2 Å². The average molecular weight is 534 g/mol. The number of hydrogen-bond donors (Lipinski definition) is 1. The van der Waals surface area contributed by atoms with Gasteiger partial charge in [-0.2, -0.15) is 0 Å². The Labute approximate surface area is 198 Å². The van der Waals surface area contributed by atoms with Gasteiger partial charge in [-0.05, 0) is 55.0 Å². The molecule has 0 unspecified atom stereocenters. The quantitative estimate of drug-likeness (QED) is 0.317. The number of halogens is 5. The molecule has 0 saturated heterocycles. The highest BCUT2D eigenvalue weighted by atomic mass is 79.9. The summed E-state index contributed by atoms with van der Waals surface area (Å²) in [6.45, 7) is 3.10. The molecule has 0 radical (unpaired) electrons. The van der Waals surface area contributed by atoms with E-state index < -0.39 is 0 Å². The molecule has 0 spiro atoms. The highest BCUT2D eigenvalue weighted by Crippen LogP contribution is 2.35. The van der Waals surface area contributed by atoms with Crippen molar-refractivity contribution in [2.45, 2.75) is 20.1 Å². The monoisotopic (exact) mass is 531 g/mol. The van der Waals surface area contributed by atoms with Crippen LogP contribution in [-0.4, -0.2) is 6.61 Å². The zero-order valence-corrected chi connectivity index (χ0v) is 19.8. The Hall–Kier alpha value is -1.66. The average Bonchev–Trinajstić information content (AvgIpc) is 2.70. The lowest BCUT2D eigenvalue weighted by Gasteiger charge is -2.16. The largest absolute Gasteiger partial charge is 0.490 e. The maximum Gasteiger partial charge on any atom is 0.162 e. The minimum absolute atomic E-state index is 0.187. The van der Waals surface area contributed by atoms with Crippen LogP contribution in [0.4, 0.5) is 10.1 Å². The molecule has 158 valence electrons. The van der Waals surface area contributed by atoms with Gasteiger partial charge in [0.25, 0.3) is 0 Å². The Morgan fingerprint density at radius 2 is 1.63 bits per heavy atom. The predicted octanol–water partition coefficient (Wildman–Crippen LogP) is 8.14. The van der Waals surface area contributed by atoms with Gasteiger partial charge in [0.2, 0.25) is 0 Å². The van der Waals surface area contributed by atoms with E-state index in [1.165, 1.54) is 12.1 Å². The minimum atomic E-state index is -0.389. The Kier molecular flexibility index (Phi) is 8.12. The molecule has 0 fully saturated rings. The van der Waals surface area contributed by atoms with Crippen molar-refractivity contribution in [2.75, 3.05) is 11.9 Å². The van der Waals surface area contributed by atoms with Crippen molar-refractivity contribution in [3.8, 4) is 11.5 Å². The van der Waals surface area contributed by atoms with E-state index in [4.69, 9.17) is 44.3 Å². The summed E-state index contributed by atoms with van der Waals surface area (Å²) >= 11 is 21.7. The molecule has 0 atom stereocenters. The topological polar surface area (TPSA) is 30.5 Å². The number of benzene rings is 3. The second kappa shape index (κ2) is 10.6. The maximum absolute atomic E-state index is 13.2. The molecular weight excluding hydrogens is 516 g/mol. The maximum atomic E-state index is 13.2. The first-order valence-electron chi connectivity index (χ1n) is 9.08. The van der Waals surface area contributed by atoms with Gasteiger partial charge in [0.15, 0.2) is 11.5 Å². The first-order chi connectivity index (χ1) is 14.4. The summed E-state index contributed by atoms with van der Waals surface area (Å²) in [7, 11) is 0. The van der Waals surface area contributed by atoms with E-state index in [1.54, 1.807) is 18.2 Å². The number of rotatable bonds is 8. The van der Waals surface area contributed by atoms with Gasteiger partial charge in [-0.25, -0.2) is 4.39 Å². The first-order valence-corrected chi connectivity index (χ1v) is 11.0.